The first-order valence-corrected chi connectivity index (χ1v) is 9.48. The highest BCUT2D eigenvalue weighted by molar-refractivity contribution is 6.04. The van der Waals surface area contributed by atoms with Gasteiger partial charge in [0.05, 0.1) is 0 Å². The third-order valence-electron chi connectivity index (χ3n) is 5.04. The second-order valence-corrected chi connectivity index (χ2v) is 7.84. The van der Waals surface area contributed by atoms with Crippen LogP contribution in [0.25, 0.3) is 0 Å². The number of rotatable bonds is 5. The summed E-state index contributed by atoms with van der Waals surface area (Å²) in [5.74, 6) is -0.112. The zero-order chi connectivity index (χ0) is 18.4. The lowest BCUT2D eigenvalue weighted by Crippen LogP contribution is -2.52. The normalized spacial score (nSPS) is 15.8. The van der Waals surface area contributed by atoms with Gasteiger partial charge in [0.1, 0.15) is 5.41 Å². The van der Waals surface area contributed by atoms with Crippen molar-refractivity contribution in [1.29, 1.82) is 0 Å². The van der Waals surface area contributed by atoms with Crippen LogP contribution in [0.3, 0.4) is 0 Å². The Kier molecular flexibility index (Phi) is 6.63. The maximum atomic E-state index is 13.3. The molecule has 4 heteroatoms. The lowest BCUT2D eigenvalue weighted by molar-refractivity contribution is -0.155. The number of carbonyl (C=O) groups excluding carboxylic acids is 2. The van der Waals surface area contributed by atoms with Gasteiger partial charge in [-0.3, -0.25) is 9.59 Å². The van der Waals surface area contributed by atoms with Crippen LogP contribution in [0.1, 0.15) is 58.9 Å². The van der Waals surface area contributed by atoms with Crippen LogP contribution >= 0.6 is 0 Å². The van der Waals surface area contributed by atoms with Gasteiger partial charge in [0.15, 0.2) is 0 Å². The second kappa shape index (κ2) is 8.50. The zero-order valence-corrected chi connectivity index (χ0v) is 16.1. The average molecular weight is 344 g/mol. The minimum atomic E-state index is -1.02. The van der Waals surface area contributed by atoms with Gasteiger partial charge in [-0.25, -0.2) is 0 Å². The lowest BCUT2D eigenvalue weighted by atomic mass is 9.88. The van der Waals surface area contributed by atoms with Crippen LogP contribution < -0.4 is 0 Å². The highest BCUT2D eigenvalue weighted by Crippen LogP contribution is 2.26. The molecule has 1 aromatic carbocycles. The molecule has 0 saturated carbocycles. The van der Waals surface area contributed by atoms with Crippen molar-refractivity contribution in [2.24, 2.45) is 5.41 Å². The Morgan fingerprint density at radius 3 is 2.12 bits per heavy atom. The van der Waals surface area contributed by atoms with Crippen LogP contribution in [0.5, 0.6) is 0 Å². The van der Waals surface area contributed by atoms with E-state index in [9.17, 15) is 9.59 Å². The monoisotopic (exact) mass is 344 g/mol. The van der Waals surface area contributed by atoms with Crippen molar-refractivity contribution in [3.8, 4) is 0 Å². The standard InChI is InChI=1S/C21H32N2O2/c1-17(2)23(16-18-12-8-7-9-13-18)20(25)21(3,4)19(24)22-14-10-5-6-11-15-22/h7-9,12-13,17H,5-6,10-11,14-16H2,1-4H3. The van der Waals surface area contributed by atoms with E-state index in [0.29, 0.717) is 6.54 Å². The Labute approximate surface area is 152 Å². The van der Waals surface area contributed by atoms with Crippen LogP contribution in [0, 0.1) is 5.41 Å². The van der Waals surface area contributed by atoms with Crippen LogP contribution in [0.15, 0.2) is 30.3 Å². The van der Waals surface area contributed by atoms with E-state index in [4.69, 9.17) is 0 Å². The summed E-state index contributed by atoms with van der Waals surface area (Å²) in [5.41, 5.74) is 0.0613. The molecule has 138 valence electrons. The van der Waals surface area contributed by atoms with E-state index in [1.54, 1.807) is 13.8 Å². The zero-order valence-electron chi connectivity index (χ0n) is 16.1. The first kappa shape index (κ1) is 19.5. The number of carbonyl (C=O) groups is 2. The van der Waals surface area contributed by atoms with Gasteiger partial charge in [-0.2, -0.15) is 0 Å². The molecular formula is C21H32N2O2. The molecular weight excluding hydrogens is 312 g/mol. The summed E-state index contributed by atoms with van der Waals surface area (Å²) in [6.07, 6.45) is 4.41. The molecule has 2 amide bonds. The molecule has 1 saturated heterocycles. The molecule has 0 atom stereocenters. The number of hydrogen-bond donors (Lipinski definition) is 0. The van der Waals surface area contributed by atoms with Gasteiger partial charge in [0.2, 0.25) is 11.8 Å². The number of hydrogen-bond acceptors (Lipinski definition) is 2. The van der Waals surface area contributed by atoms with Gasteiger partial charge in [-0.15, -0.1) is 0 Å². The minimum absolute atomic E-state index is 0.0295. The number of benzene rings is 1. The molecule has 0 bridgehead atoms. The van der Waals surface area contributed by atoms with Gasteiger partial charge in [-0.05, 0) is 46.1 Å². The van der Waals surface area contributed by atoms with Gasteiger partial charge >= 0.3 is 0 Å². The fraction of sp³-hybridized carbons (Fsp3) is 0.619. The molecule has 0 aliphatic carbocycles. The fourth-order valence-corrected chi connectivity index (χ4v) is 3.39. The number of nitrogens with zero attached hydrogens (tertiary/aromatic N) is 2. The van der Waals surface area contributed by atoms with Crippen molar-refractivity contribution in [2.75, 3.05) is 13.1 Å². The fourth-order valence-electron chi connectivity index (χ4n) is 3.39. The molecule has 0 spiro atoms. The summed E-state index contributed by atoms with van der Waals surface area (Å²) < 4.78 is 0. The third kappa shape index (κ3) is 4.83. The Hall–Kier alpha value is -1.84. The van der Waals surface area contributed by atoms with E-state index in [0.717, 1.165) is 31.5 Å². The summed E-state index contributed by atoms with van der Waals surface area (Å²) in [6.45, 7) is 9.66. The highest BCUT2D eigenvalue weighted by Gasteiger charge is 2.42. The molecule has 2 rings (SSSR count). The van der Waals surface area contributed by atoms with Crippen molar-refractivity contribution in [2.45, 2.75) is 66.0 Å². The summed E-state index contributed by atoms with van der Waals surface area (Å²) >= 11 is 0. The molecule has 1 heterocycles. The SMILES string of the molecule is CC(C)N(Cc1ccccc1)C(=O)C(C)(C)C(=O)N1CCCCCC1. The summed E-state index contributed by atoms with van der Waals surface area (Å²) in [5, 5.41) is 0. The molecule has 0 unspecified atom stereocenters. The van der Waals surface area contributed by atoms with E-state index >= 15 is 0 Å². The molecule has 0 N–H and O–H groups in total. The van der Waals surface area contributed by atoms with E-state index < -0.39 is 5.41 Å². The summed E-state index contributed by atoms with van der Waals surface area (Å²) in [4.78, 5) is 30.1. The quantitative estimate of drug-likeness (QED) is 0.761. The molecule has 4 nitrogen and oxygen atoms in total. The van der Waals surface area contributed by atoms with E-state index in [1.165, 1.54) is 12.8 Å². The van der Waals surface area contributed by atoms with Crippen LogP contribution in [-0.2, 0) is 16.1 Å². The van der Waals surface area contributed by atoms with E-state index in [-0.39, 0.29) is 17.9 Å². The molecule has 25 heavy (non-hydrogen) atoms. The average Bonchev–Trinajstić information content (AvgIpc) is 2.88. The maximum Gasteiger partial charge on any atom is 0.238 e. The summed E-state index contributed by atoms with van der Waals surface area (Å²) in [6, 6.07) is 10.0. The predicted octanol–water partition coefficient (Wildman–Crippen LogP) is 3.85. The van der Waals surface area contributed by atoms with Crippen molar-refractivity contribution >= 4 is 11.8 Å². The Bertz CT molecular complexity index is 573. The van der Waals surface area contributed by atoms with Gasteiger partial charge in [0.25, 0.3) is 0 Å². The first-order chi connectivity index (χ1) is 11.8. The molecule has 1 aromatic rings. The lowest BCUT2D eigenvalue weighted by Gasteiger charge is -2.36. The first-order valence-electron chi connectivity index (χ1n) is 9.48. The van der Waals surface area contributed by atoms with Crippen molar-refractivity contribution in [1.82, 2.24) is 9.80 Å². The second-order valence-electron chi connectivity index (χ2n) is 7.84. The Balaban J connectivity index is 2.16. The molecule has 1 aliphatic rings. The summed E-state index contributed by atoms with van der Waals surface area (Å²) in [7, 11) is 0. The minimum Gasteiger partial charge on any atom is -0.342 e. The van der Waals surface area contributed by atoms with Crippen LogP contribution in [0.2, 0.25) is 0 Å². The maximum absolute atomic E-state index is 13.3. The topological polar surface area (TPSA) is 40.6 Å². The Morgan fingerprint density at radius 1 is 1.04 bits per heavy atom. The van der Waals surface area contributed by atoms with Gasteiger partial charge in [-0.1, -0.05) is 43.2 Å². The predicted molar refractivity (Wildman–Crippen MR) is 101 cm³/mol. The molecule has 1 fully saturated rings. The van der Waals surface area contributed by atoms with E-state index in [2.05, 4.69) is 0 Å². The highest BCUT2D eigenvalue weighted by atomic mass is 16.2. The van der Waals surface area contributed by atoms with E-state index in [1.807, 2.05) is 54.0 Å². The smallest absolute Gasteiger partial charge is 0.238 e. The molecule has 1 aliphatic heterocycles. The number of likely N-dealkylation sites (tertiary alicyclic amines) is 1. The van der Waals surface area contributed by atoms with Crippen molar-refractivity contribution in [3.05, 3.63) is 35.9 Å². The Morgan fingerprint density at radius 2 is 1.60 bits per heavy atom. The number of amides is 2. The third-order valence-corrected chi connectivity index (χ3v) is 5.04. The van der Waals surface area contributed by atoms with Crippen molar-refractivity contribution in [3.63, 3.8) is 0 Å². The van der Waals surface area contributed by atoms with Crippen LogP contribution in [-0.4, -0.2) is 40.7 Å². The van der Waals surface area contributed by atoms with Crippen LogP contribution in [0.4, 0.5) is 0 Å². The van der Waals surface area contributed by atoms with Crippen molar-refractivity contribution < 1.29 is 9.59 Å². The van der Waals surface area contributed by atoms with Gasteiger partial charge in [0, 0.05) is 25.7 Å². The largest absolute Gasteiger partial charge is 0.342 e. The molecule has 0 aromatic heterocycles. The molecule has 0 radical (unpaired) electrons. The van der Waals surface area contributed by atoms with Gasteiger partial charge < -0.3 is 9.80 Å².